The van der Waals surface area contributed by atoms with Gasteiger partial charge in [-0.25, -0.2) is 14.4 Å². The number of carboxylic acid groups (broad SMARTS) is 2. The van der Waals surface area contributed by atoms with E-state index in [4.69, 9.17) is 33.2 Å². The summed E-state index contributed by atoms with van der Waals surface area (Å²) >= 11 is 0. The van der Waals surface area contributed by atoms with Crippen LogP contribution in [-0.2, 0) is 66.7 Å². The first-order chi connectivity index (χ1) is 34.6. The molecule has 0 aromatic heterocycles. The van der Waals surface area contributed by atoms with Gasteiger partial charge in [0.05, 0.1) is 29.5 Å². The van der Waals surface area contributed by atoms with E-state index in [0.29, 0.717) is 0 Å². The second-order valence-electron chi connectivity index (χ2n) is 21.0. The van der Waals surface area contributed by atoms with Crippen LogP contribution in [0.3, 0.4) is 0 Å². The molecule has 0 spiro atoms. The number of aliphatic hydroxyl groups excluding tert-OH is 1. The van der Waals surface area contributed by atoms with Gasteiger partial charge in [-0.15, -0.1) is 0 Å². The Morgan fingerprint density at radius 1 is 0.811 bits per heavy atom. The van der Waals surface area contributed by atoms with E-state index >= 15 is 4.79 Å². The minimum absolute atomic E-state index is 0.0148. The van der Waals surface area contributed by atoms with Crippen molar-refractivity contribution in [2.24, 2.45) is 16.7 Å². The first kappa shape index (κ1) is 56.6. The number of carbonyl (C=O) groups is 9. The highest BCUT2D eigenvalue weighted by Crippen LogP contribution is 2.65. The van der Waals surface area contributed by atoms with Crippen LogP contribution in [0.1, 0.15) is 129 Å². The molecule has 2 bridgehead atoms. The topological polar surface area (TPSA) is 311 Å². The molecular formula is C53H65NO20. The third kappa shape index (κ3) is 11.5. The van der Waals surface area contributed by atoms with Crippen LogP contribution in [0.4, 0.5) is 4.79 Å². The van der Waals surface area contributed by atoms with Gasteiger partial charge in [0.2, 0.25) is 0 Å². The Hall–Kier alpha value is -6.71. The van der Waals surface area contributed by atoms with Crippen LogP contribution in [-0.4, -0.2) is 134 Å². The van der Waals surface area contributed by atoms with Crippen molar-refractivity contribution in [1.29, 1.82) is 0 Å². The summed E-state index contributed by atoms with van der Waals surface area (Å²) in [5, 5.41) is 47.1. The number of fused-ring (bicyclic) bond motifs is 5. The van der Waals surface area contributed by atoms with Crippen LogP contribution in [0.5, 0.6) is 0 Å². The summed E-state index contributed by atoms with van der Waals surface area (Å²) in [6.45, 7) is 11.1. The molecule has 2 saturated carbocycles. The van der Waals surface area contributed by atoms with Crippen molar-refractivity contribution in [3.05, 3.63) is 82.9 Å². The van der Waals surface area contributed by atoms with E-state index in [2.05, 4.69) is 5.32 Å². The zero-order valence-corrected chi connectivity index (χ0v) is 42.6. The van der Waals surface area contributed by atoms with Crippen molar-refractivity contribution in [2.75, 3.05) is 6.61 Å². The van der Waals surface area contributed by atoms with Crippen molar-refractivity contribution in [2.45, 2.75) is 166 Å². The van der Waals surface area contributed by atoms with Gasteiger partial charge in [-0.2, -0.15) is 0 Å². The van der Waals surface area contributed by atoms with Gasteiger partial charge in [0.1, 0.15) is 35.6 Å². The zero-order valence-electron chi connectivity index (χ0n) is 42.6. The van der Waals surface area contributed by atoms with Gasteiger partial charge in [-0.3, -0.25) is 28.8 Å². The summed E-state index contributed by atoms with van der Waals surface area (Å²) < 4.78 is 42.5. The van der Waals surface area contributed by atoms with Gasteiger partial charge in [0.25, 0.3) is 0 Å². The number of aliphatic carboxylic acids is 2. The molecule has 2 unspecified atom stereocenters. The molecule has 2 aromatic rings. The number of benzene rings is 2. The van der Waals surface area contributed by atoms with E-state index in [9.17, 15) is 58.8 Å². The zero-order chi connectivity index (χ0) is 54.7. The maximum atomic E-state index is 16.3. The molecule has 11 atom stereocenters. The van der Waals surface area contributed by atoms with E-state index in [1.165, 1.54) is 52.0 Å². The Labute approximate surface area is 427 Å². The van der Waals surface area contributed by atoms with Gasteiger partial charge < -0.3 is 58.9 Å². The lowest BCUT2D eigenvalue weighted by atomic mass is 9.44. The Balaban J connectivity index is 1.59. The quantitative estimate of drug-likeness (QED) is 0.0755. The van der Waals surface area contributed by atoms with Crippen molar-refractivity contribution >= 4 is 53.7 Å². The number of ketones is 1. The van der Waals surface area contributed by atoms with Gasteiger partial charge in [-0.05, 0) is 76.3 Å². The van der Waals surface area contributed by atoms with Crippen molar-refractivity contribution in [3.8, 4) is 0 Å². The molecule has 4 aliphatic rings. The van der Waals surface area contributed by atoms with Gasteiger partial charge in [-0.1, -0.05) is 62.4 Å². The number of aliphatic hydroxyl groups is 2. The van der Waals surface area contributed by atoms with Crippen molar-refractivity contribution in [3.63, 3.8) is 0 Å². The molecule has 74 heavy (non-hydrogen) atoms. The van der Waals surface area contributed by atoms with Crippen LogP contribution in [0, 0.1) is 16.7 Å². The average Bonchev–Trinajstić information content (AvgIpc) is 3.30. The summed E-state index contributed by atoms with van der Waals surface area (Å²) in [4.78, 5) is 123. The highest BCUT2D eigenvalue weighted by atomic mass is 16.6. The minimum Gasteiger partial charge on any atom is -0.481 e. The molecule has 6 rings (SSSR count). The molecule has 21 nitrogen and oxygen atoms in total. The molecule has 1 heterocycles. The number of ether oxygens (including phenoxy) is 7. The highest BCUT2D eigenvalue weighted by molar-refractivity contribution is 5.96. The number of hydrogen-bond acceptors (Lipinski definition) is 18. The number of carboxylic acids is 2. The van der Waals surface area contributed by atoms with Crippen LogP contribution >= 0.6 is 0 Å². The van der Waals surface area contributed by atoms with E-state index < -0.39 is 169 Å². The lowest BCUT2D eigenvalue weighted by molar-refractivity contribution is -0.346. The Morgan fingerprint density at radius 2 is 1.38 bits per heavy atom. The Bertz CT molecular complexity index is 2540. The van der Waals surface area contributed by atoms with Gasteiger partial charge in [0.15, 0.2) is 23.6 Å². The molecule has 2 aromatic carbocycles. The van der Waals surface area contributed by atoms with Gasteiger partial charge in [0, 0.05) is 50.9 Å². The number of Topliss-reactive ketones (excluding diaryl/α,β-unsaturated/α-hetero) is 1. The molecular weight excluding hydrogens is 971 g/mol. The van der Waals surface area contributed by atoms with Crippen LogP contribution in [0.15, 0.2) is 71.8 Å². The van der Waals surface area contributed by atoms with Crippen molar-refractivity contribution in [1.82, 2.24) is 5.32 Å². The van der Waals surface area contributed by atoms with Crippen LogP contribution < -0.4 is 5.32 Å². The summed E-state index contributed by atoms with van der Waals surface area (Å²) in [6.07, 6.45) is -15.1. The second kappa shape index (κ2) is 22.0. The summed E-state index contributed by atoms with van der Waals surface area (Å²) in [5.41, 5.74) is -9.69. The minimum atomic E-state index is -2.60. The summed E-state index contributed by atoms with van der Waals surface area (Å²) in [7, 11) is 0. The number of nitrogens with one attached hydrogen (secondary N) is 1. The Kier molecular flexibility index (Phi) is 16.8. The summed E-state index contributed by atoms with van der Waals surface area (Å²) in [6, 6.07) is 14.0. The van der Waals surface area contributed by atoms with Crippen LogP contribution in [0.2, 0.25) is 0 Å². The number of rotatable bonds is 18. The molecule has 21 heteroatoms. The molecule has 0 radical (unpaired) electrons. The number of hydrogen-bond donors (Lipinski definition) is 5. The smallest absolute Gasteiger partial charge is 0.408 e. The first-order valence-electron chi connectivity index (χ1n) is 24.4. The average molecular weight is 1040 g/mol. The summed E-state index contributed by atoms with van der Waals surface area (Å²) in [5.74, 6) is -10.6. The molecule has 5 N–H and O–H groups in total. The lowest BCUT2D eigenvalue weighted by Crippen LogP contribution is -2.82. The standard InChI is InChI=1S/C53H65NO20/c1-28-32(69-47(65)41(62)40(30-17-11-9-12-18-30)54-48(66)74-49(3,4)5)26-53(67)45(72-46(64)31-19-13-10-14-20-31)43-51(8,44(63)42(39(28)50(53,6)7)71-38(61)24-16-22-36(58)59)33(70-37(60)23-15-21-35(56)57)25-34-52(43,27-68-34)73-29(2)55/h9-14,17-20,32-34,40-43,45,62,67H,15-16,21-27H2,1-8H3,(H,54,66)(H,56,57)(H,58,59)/t32-,33?,34+,40?,41+,42+,43-,45-,51+,52-,53+/m0/s1. The number of amides is 1. The van der Waals surface area contributed by atoms with Crippen molar-refractivity contribution < 1.29 is 96.7 Å². The van der Waals surface area contributed by atoms with Crippen LogP contribution in [0.25, 0.3) is 0 Å². The number of carbonyl (C=O) groups excluding carboxylic acids is 7. The normalized spacial score (nSPS) is 28.6. The predicted molar refractivity (Wildman–Crippen MR) is 254 cm³/mol. The monoisotopic (exact) mass is 1040 g/mol. The molecule has 3 aliphatic carbocycles. The number of alkyl carbamates (subject to hydrolysis) is 1. The maximum absolute atomic E-state index is 16.3. The lowest BCUT2D eigenvalue weighted by Gasteiger charge is -2.67. The van der Waals surface area contributed by atoms with E-state index in [1.807, 2.05) is 0 Å². The highest BCUT2D eigenvalue weighted by Gasteiger charge is 2.79. The fourth-order valence-corrected chi connectivity index (χ4v) is 11.0. The molecule has 402 valence electrons. The predicted octanol–water partition coefficient (Wildman–Crippen LogP) is 4.87. The largest absolute Gasteiger partial charge is 0.481 e. The maximum Gasteiger partial charge on any atom is 0.408 e. The molecule has 1 aliphatic heterocycles. The SMILES string of the molecule is CC(=O)O[C@@]12CO[C@@H]1CC(OC(=O)CCCC(=O)O)[C@@]1(C)C(=O)[C@H](OC(=O)CCCC(=O)O)C3=C(C)[C@@H](OC(=O)[C@H](O)C(NC(=O)OC(C)(C)C)c4ccccc4)C[C@@](O)([C@@H](OC(=O)c4ccccc4)[C@H]21)C3(C)C. The third-order valence-corrected chi connectivity index (χ3v) is 14.6. The fraction of sp³-hybridized carbons (Fsp3) is 0.566. The third-order valence-electron chi connectivity index (χ3n) is 14.6. The molecule has 1 amide bonds. The molecule has 1 saturated heterocycles. The molecule has 3 fully saturated rings. The number of esters is 5. The Morgan fingerprint density at radius 3 is 1.91 bits per heavy atom. The van der Waals surface area contributed by atoms with E-state index in [1.54, 1.807) is 57.2 Å². The van der Waals surface area contributed by atoms with E-state index in [-0.39, 0.29) is 41.5 Å². The second-order valence-corrected chi connectivity index (χ2v) is 21.0. The fourth-order valence-electron chi connectivity index (χ4n) is 11.0. The first-order valence-corrected chi connectivity index (χ1v) is 24.4. The van der Waals surface area contributed by atoms with E-state index in [0.717, 1.165) is 6.92 Å². The van der Waals surface area contributed by atoms with Gasteiger partial charge >= 0.3 is 47.9 Å².